The Bertz CT molecular complexity index is 684. The zero-order valence-electron chi connectivity index (χ0n) is 13.0. The Morgan fingerprint density at radius 2 is 1.96 bits per heavy atom. The number of hydrogen-bond acceptors (Lipinski definition) is 6. The molecule has 0 atom stereocenters. The molecule has 2 heterocycles. The third-order valence-electron chi connectivity index (χ3n) is 4.11. The summed E-state index contributed by atoms with van der Waals surface area (Å²) >= 11 is 0. The Labute approximate surface area is 134 Å². The van der Waals surface area contributed by atoms with E-state index in [1.165, 1.54) is 0 Å². The van der Waals surface area contributed by atoms with Crippen LogP contribution in [0.1, 0.15) is 18.4 Å². The second-order valence-corrected chi connectivity index (χ2v) is 5.71. The van der Waals surface area contributed by atoms with E-state index in [1.54, 1.807) is 30.6 Å². The maximum Gasteiger partial charge on any atom is 0.269 e. The van der Waals surface area contributed by atoms with Crippen LogP contribution < -0.4 is 10.2 Å². The van der Waals surface area contributed by atoms with Gasteiger partial charge in [0.15, 0.2) is 0 Å². The van der Waals surface area contributed by atoms with Gasteiger partial charge in [-0.2, -0.15) is 0 Å². The van der Waals surface area contributed by atoms with Crippen LogP contribution in [0.4, 0.5) is 17.3 Å². The van der Waals surface area contributed by atoms with Crippen molar-refractivity contribution in [2.75, 3.05) is 23.3 Å². The predicted octanol–water partition coefficient (Wildman–Crippen LogP) is 2.77. The van der Waals surface area contributed by atoms with Crippen molar-refractivity contribution < 1.29 is 4.92 Å². The molecular formula is C16H19N5O2. The van der Waals surface area contributed by atoms with E-state index in [4.69, 9.17) is 0 Å². The standard InChI is InChI=1S/C16H19N5O2/c1-12-11-14(21(22)23)3-4-15(12)19-13-5-9-20(10-6-13)16-17-7-2-8-18-16/h2-4,7-8,11,13,19H,5-6,9-10H2,1H3. The van der Waals surface area contributed by atoms with E-state index < -0.39 is 0 Å². The number of hydrogen-bond donors (Lipinski definition) is 1. The highest BCUT2D eigenvalue weighted by molar-refractivity contribution is 5.56. The van der Waals surface area contributed by atoms with Gasteiger partial charge in [-0.25, -0.2) is 9.97 Å². The van der Waals surface area contributed by atoms with Crippen LogP contribution in [0.3, 0.4) is 0 Å². The molecule has 0 radical (unpaired) electrons. The summed E-state index contributed by atoms with van der Waals surface area (Å²) < 4.78 is 0. The van der Waals surface area contributed by atoms with Gasteiger partial charge >= 0.3 is 0 Å². The number of piperidine rings is 1. The van der Waals surface area contributed by atoms with Gasteiger partial charge < -0.3 is 10.2 Å². The average molecular weight is 313 g/mol. The highest BCUT2D eigenvalue weighted by Gasteiger charge is 2.21. The highest BCUT2D eigenvalue weighted by Crippen LogP contribution is 2.24. The van der Waals surface area contributed by atoms with Gasteiger partial charge in [-0.3, -0.25) is 10.1 Å². The maximum atomic E-state index is 10.8. The number of nitro groups is 1. The van der Waals surface area contributed by atoms with Crippen LogP contribution in [0.2, 0.25) is 0 Å². The number of aryl methyl sites for hydroxylation is 1. The molecule has 0 aliphatic carbocycles. The molecule has 0 bridgehead atoms. The molecule has 1 fully saturated rings. The second kappa shape index (κ2) is 6.60. The van der Waals surface area contributed by atoms with Crippen molar-refractivity contribution in [3.05, 3.63) is 52.3 Å². The lowest BCUT2D eigenvalue weighted by Crippen LogP contribution is -2.40. The Kier molecular flexibility index (Phi) is 4.36. The van der Waals surface area contributed by atoms with E-state index in [2.05, 4.69) is 20.2 Å². The summed E-state index contributed by atoms with van der Waals surface area (Å²) in [6.45, 7) is 3.68. The van der Waals surface area contributed by atoms with Crippen molar-refractivity contribution >= 4 is 17.3 Å². The minimum absolute atomic E-state index is 0.129. The summed E-state index contributed by atoms with van der Waals surface area (Å²) in [7, 11) is 0. The van der Waals surface area contributed by atoms with Crippen LogP contribution in [0.15, 0.2) is 36.7 Å². The summed E-state index contributed by atoms with van der Waals surface area (Å²) in [5.74, 6) is 0.775. The fourth-order valence-electron chi connectivity index (χ4n) is 2.82. The molecule has 23 heavy (non-hydrogen) atoms. The monoisotopic (exact) mass is 313 g/mol. The fraction of sp³-hybridized carbons (Fsp3) is 0.375. The topological polar surface area (TPSA) is 84.2 Å². The lowest BCUT2D eigenvalue weighted by molar-refractivity contribution is -0.384. The molecule has 3 rings (SSSR count). The Balaban J connectivity index is 1.60. The Hall–Kier alpha value is -2.70. The first-order chi connectivity index (χ1) is 11.1. The maximum absolute atomic E-state index is 10.8. The van der Waals surface area contributed by atoms with Gasteiger partial charge in [-0.15, -0.1) is 0 Å². The molecular weight excluding hydrogens is 294 g/mol. The highest BCUT2D eigenvalue weighted by atomic mass is 16.6. The third kappa shape index (κ3) is 3.56. The van der Waals surface area contributed by atoms with Crippen LogP contribution in [-0.2, 0) is 0 Å². The van der Waals surface area contributed by atoms with E-state index in [1.807, 2.05) is 13.0 Å². The zero-order valence-corrected chi connectivity index (χ0v) is 13.0. The van der Waals surface area contributed by atoms with Gasteiger partial charge in [0, 0.05) is 49.3 Å². The van der Waals surface area contributed by atoms with Crippen LogP contribution in [-0.4, -0.2) is 34.0 Å². The van der Waals surface area contributed by atoms with Crippen LogP contribution in [0.25, 0.3) is 0 Å². The Morgan fingerprint density at radius 1 is 1.26 bits per heavy atom. The zero-order chi connectivity index (χ0) is 16.2. The second-order valence-electron chi connectivity index (χ2n) is 5.71. The largest absolute Gasteiger partial charge is 0.382 e. The summed E-state index contributed by atoms with van der Waals surface area (Å²) in [6, 6.07) is 7.11. The molecule has 7 heteroatoms. The van der Waals surface area contributed by atoms with Crippen molar-refractivity contribution in [2.24, 2.45) is 0 Å². The molecule has 1 aliphatic rings. The van der Waals surface area contributed by atoms with Gasteiger partial charge in [-0.1, -0.05) is 0 Å². The molecule has 0 saturated carbocycles. The first-order valence-corrected chi connectivity index (χ1v) is 7.67. The van der Waals surface area contributed by atoms with Crippen molar-refractivity contribution in [1.82, 2.24) is 9.97 Å². The molecule has 0 spiro atoms. The SMILES string of the molecule is Cc1cc([N+](=O)[O-])ccc1NC1CCN(c2ncccn2)CC1. The molecule has 1 aromatic carbocycles. The van der Waals surface area contributed by atoms with E-state index in [-0.39, 0.29) is 10.6 Å². The van der Waals surface area contributed by atoms with Crippen molar-refractivity contribution in [1.29, 1.82) is 0 Å². The first-order valence-electron chi connectivity index (χ1n) is 7.67. The van der Waals surface area contributed by atoms with E-state index in [0.29, 0.717) is 6.04 Å². The smallest absolute Gasteiger partial charge is 0.269 e. The normalized spacial score (nSPS) is 15.4. The summed E-state index contributed by atoms with van der Waals surface area (Å²) in [5.41, 5.74) is 1.99. The van der Waals surface area contributed by atoms with E-state index >= 15 is 0 Å². The molecule has 2 aromatic rings. The number of rotatable bonds is 4. The number of nitrogens with one attached hydrogen (secondary N) is 1. The van der Waals surface area contributed by atoms with E-state index in [9.17, 15) is 10.1 Å². The fourth-order valence-corrected chi connectivity index (χ4v) is 2.82. The Morgan fingerprint density at radius 3 is 2.57 bits per heavy atom. The predicted molar refractivity (Wildman–Crippen MR) is 88.7 cm³/mol. The van der Waals surface area contributed by atoms with Crippen molar-refractivity contribution in [2.45, 2.75) is 25.8 Å². The quantitative estimate of drug-likeness (QED) is 0.690. The van der Waals surface area contributed by atoms with Crippen LogP contribution in [0, 0.1) is 17.0 Å². The third-order valence-corrected chi connectivity index (χ3v) is 4.11. The number of aromatic nitrogens is 2. The van der Waals surface area contributed by atoms with Crippen LogP contribution in [0.5, 0.6) is 0 Å². The van der Waals surface area contributed by atoms with Gasteiger partial charge in [0.1, 0.15) is 0 Å². The number of nitrogens with zero attached hydrogens (tertiary/aromatic N) is 4. The van der Waals surface area contributed by atoms with Gasteiger partial charge in [-0.05, 0) is 37.5 Å². The molecule has 1 saturated heterocycles. The summed E-state index contributed by atoms with van der Waals surface area (Å²) in [6.07, 6.45) is 5.48. The van der Waals surface area contributed by atoms with Gasteiger partial charge in [0.2, 0.25) is 5.95 Å². The number of anilines is 2. The number of benzene rings is 1. The number of nitro benzene ring substituents is 1. The summed E-state index contributed by atoms with van der Waals surface area (Å²) in [4.78, 5) is 21.2. The molecule has 0 unspecified atom stereocenters. The molecule has 1 aromatic heterocycles. The average Bonchev–Trinajstić information content (AvgIpc) is 2.58. The van der Waals surface area contributed by atoms with Crippen molar-refractivity contribution in [3.8, 4) is 0 Å². The molecule has 1 N–H and O–H groups in total. The summed E-state index contributed by atoms with van der Waals surface area (Å²) in [5, 5.41) is 14.3. The van der Waals surface area contributed by atoms with Crippen molar-refractivity contribution in [3.63, 3.8) is 0 Å². The molecule has 7 nitrogen and oxygen atoms in total. The van der Waals surface area contributed by atoms with Gasteiger partial charge in [0.05, 0.1) is 4.92 Å². The number of non-ortho nitro benzene ring substituents is 1. The molecule has 120 valence electrons. The van der Waals surface area contributed by atoms with E-state index in [0.717, 1.165) is 43.1 Å². The molecule has 0 amide bonds. The minimum Gasteiger partial charge on any atom is -0.382 e. The minimum atomic E-state index is -0.366. The molecule has 1 aliphatic heterocycles. The first kappa shape index (κ1) is 15.2. The lowest BCUT2D eigenvalue weighted by Gasteiger charge is -2.33. The lowest BCUT2D eigenvalue weighted by atomic mass is 10.0. The van der Waals surface area contributed by atoms with Gasteiger partial charge in [0.25, 0.3) is 5.69 Å². The van der Waals surface area contributed by atoms with Crippen LogP contribution >= 0.6 is 0 Å².